The number of thiophene rings is 1. The molecule has 1 aromatic heterocycles. The first-order valence-corrected chi connectivity index (χ1v) is 12.2. The zero-order valence-electron chi connectivity index (χ0n) is 18.4. The Morgan fingerprint density at radius 1 is 1.16 bits per heavy atom. The van der Waals surface area contributed by atoms with Gasteiger partial charge in [-0.1, -0.05) is 54.4 Å². The molecule has 1 atom stereocenters. The normalized spacial score (nSPS) is 15.3. The molecular formula is C26H27ClN2O2S. The van der Waals surface area contributed by atoms with E-state index in [1.165, 1.54) is 16.0 Å². The summed E-state index contributed by atoms with van der Waals surface area (Å²) in [6, 6.07) is 17.3. The molecule has 0 saturated carbocycles. The third-order valence-corrected chi connectivity index (χ3v) is 7.09. The van der Waals surface area contributed by atoms with Crippen LogP contribution in [0.5, 0.6) is 0 Å². The number of carbonyl (C=O) groups excluding carboxylic acids is 2. The zero-order chi connectivity index (χ0) is 22.7. The van der Waals surface area contributed by atoms with Crippen LogP contribution in [0.3, 0.4) is 0 Å². The van der Waals surface area contributed by atoms with Gasteiger partial charge < -0.3 is 9.80 Å². The summed E-state index contributed by atoms with van der Waals surface area (Å²) in [5.74, 6) is -0.195. The topological polar surface area (TPSA) is 40.6 Å². The predicted molar refractivity (Wildman–Crippen MR) is 130 cm³/mol. The van der Waals surface area contributed by atoms with E-state index in [2.05, 4.69) is 42.6 Å². The molecule has 6 heteroatoms. The maximum absolute atomic E-state index is 13.6. The molecule has 0 aliphatic carbocycles. The molecule has 2 amide bonds. The number of fused-ring (bicyclic) bond motifs is 1. The standard InChI is InChI=1S/C26H27ClN2O2S/c1-3-13-28(26(31)20-5-4-6-21(27)16-20)17-24(30)29-14-11-23-22(12-15-32-23)25(29)19-9-7-18(2)8-10-19/h4-10,12,15-16,25H,3,11,13-14,17H2,1-2H3. The van der Waals surface area contributed by atoms with E-state index in [1.807, 2.05) is 11.8 Å². The molecule has 2 aromatic carbocycles. The Morgan fingerprint density at radius 2 is 1.94 bits per heavy atom. The van der Waals surface area contributed by atoms with Gasteiger partial charge in [-0.15, -0.1) is 11.3 Å². The van der Waals surface area contributed by atoms with Crippen molar-refractivity contribution in [3.63, 3.8) is 0 Å². The summed E-state index contributed by atoms with van der Waals surface area (Å²) in [6.45, 7) is 5.30. The highest BCUT2D eigenvalue weighted by atomic mass is 35.5. The third-order valence-electron chi connectivity index (χ3n) is 5.86. The van der Waals surface area contributed by atoms with Gasteiger partial charge in [-0.2, -0.15) is 0 Å². The van der Waals surface area contributed by atoms with E-state index in [0.717, 1.165) is 18.4 Å². The van der Waals surface area contributed by atoms with Gasteiger partial charge in [0.1, 0.15) is 6.54 Å². The van der Waals surface area contributed by atoms with Crippen LogP contribution >= 0.6 is 22.9 Å². The van der Waals surface area contributed by atoms with Crippen molar-refractivity contribution in [2.45, 2.75) is 32.7 Å². The van der Waals surface area contributed by atoms with E-state index in [4.69, 9.17) is 11.6 Å². The highest BCUT2D eigenvalue weighted by Gasteiger charge is 2.34. The van der Waals surface area contributed by atoms with Crippen molar-refractivity contribution >= 4 is 34.8 Å². The fourth-order valence-corrected chi connectivity index (χ4v) is 5.37. The second-order valence-electron chi connectivity index (χ2n) is 8.19. The average molecular weight is 467 g/mol. The minimum absolute atomic E-state index is 0.0312. The first-order valence-electron chi connectivity index (χ1n) is 10.9. The lowest BCUT2D eigenvalue weighted by atomic mass is 9.92. The van der Waals surface area contributed by atoms with E-state index >= 15 is 0 Å². The smallest absolute Gasteiger partial charge is 0.254 e. The van der Waals surface area contributed by atoms with Crippen LogP contribution in [0.2, 0.25) is 5.02 Å². The summed E-state index contributed by atoms with van der Waals surface area (Å²) in [6.07, 6.45) is 1.62. The highest BCUT2D eigenvalue weighted by Crippen LogP contribution is 2.38. The number of hydrogen-bond acceptors (Lipinski definition) is 3. The van der Waals surface area contributed by atoms with Crippen molar-refractivity contribution < 1.29 is 9.59 Å². The van der Waals surface area contributed by atoms with Crippen LogP contribution in [0.1, 0.15) is 51.3 Å². The number of carbonyl (C=O) groups is 2. The molecule has 3 aromatic rings. The average Bonchev–Trinajstić information content (AvgIpc) is 3.27. The van der Waals surface area contributed by atoms with Gasteiger partial charge >= 0.3 is 0 Å². The quantitative estimate of drug-likeness (QED) is 0.465. The van der Waals surface area contributed by atoms with Crippen LogP contribution in [-0.4, -0.2) is 41.2 Å². The fourth-order valence-electron chi connectivity index (χ4n) is 4.27. The van der Waals surface area contributed by atoms with Gasteiger partial charge in [-0.25, -0.2) is 0 Å². The Kier molecular flexibility index (Phi) is 6.97. The monoisotopic (exact) mass is 466 g/mol. The summed E-state index contributed by atoms with van der Waals surface area (Å²) in [7, 11) is 0. The highest BCUT2D eigenvalue weighted by molar-refractivity contribution is 7.10. The van der Waals surface area contributed by atoms with E-state index in [9.17, 15) is 9.59 Å². The summed E-state index contributed by atoms with van der Waals surface area (Å²) in [4.78, 5) is 31.6. The molecule has 4 rings (SSSR count). The molecule has 166 valence electrons. The van der Waals surface area contributed by atoms with Gasteiger partial charge in [0.15, 0.2) is 0 Å². The molecule has 2 heterocycles. The molecule has 0 fully saturated rings. The SMILES string of the molecule is CCCN(CC(=O)N1CCc2sccc2C1c1ccc(C)cc1)C(=O)c1cccc(Cl)c1. The molecule has 4 nitrogen and oxygen atoms in total. The number of amides is 2. The number of aryl methyl sites for hydroxylation is 1. The van der Waals surface area contributed by atoms with Crippen LogP contribution < -0.4 is 0 Å². The second kappa shape index (κ2) is 9.88. The largest absolute Gasteiger partial charge is 0.330 e. The van der Waals surface area contributed by atoms with Crippen molar-refractivity contribution in [1.82, 2.24) is 9.80 Å². The third kappa shape index (κ3) is 4.74. The number of halogens is 1. The van der Waals surface area contributed by atoms with Crippen LogP contribution in [0.15, 0.2) is 60.0 Å². The Labute approximate surface area is 198 Å². The van der Waals surface area contributed by atoms with Gasteiger partial charge in [0.2, 0.25) is 5.91 Å². The number of rotatable bonds is 6. The van der Waals surface area contributed by atoms with Gasteiger partial charge in [-0.05, 0) is 60.5 Å². The molecule has 1 unspecified atom stereocenters. The number of nitrogens with zero attached hydrogens (tertiary/aromatic N) is 2. The van der Waals surface area contributed by atoms with Crippen molar-refractivity contribution in [2.75, 3.05) is 19.6 Å². The Morgan fingerprint density at radius 3 is 2.66 bits per heavy atom. The van der Waals surface area contributed by atoms with E-state index in [-0.39, 0.29) is 24.4 Å². The van der Waals surface area contributed by atoms with Crippen molar-refractivity contribution in [3.8, 4) is 0 Å². The molecule has 0 radical (unpaired) electrons. The van der Waals surface area contributed by atoms with Gasteiger partial charge in [0, 0.05) is 28.6 Å². The molecular weight excluding hydrogens is 440 g/mol. The minimum Gasteiger partial charge on any atom is -0.330 e. The Hall–Kier alpha value is -2.63. The lowest BCUT2D eigenvalue weighted by Gasteiger charge is -2.37. The van der Waals surface area contributed by atoms with Gasteiger partial charge in [-0.3, -0.25) is 9.59 Å². The zero-order valence-corrected chi connectivity index (χ0v) is 20.0. The summed E-state index contributed by atoms with van der Waals surface area (Å²) < 4.78 is 0. The molecule has 0 N–H and O–H groups in total. The summed E-state index contributed by atoms with van der Waals surface area (Å²) >= 11 is 7.84. The summed E-state index contributed by atoms with van der Waals surface area (Å²) in [5.41, 5.74) is 4.00. The van der Waals surface area contributed by atoms with Crippen molar-refractivity contribution in [2.24, 2.45) is 0 Å². The maximum Gasteiger partial charge on any atom is 0.254 e. The molecule has 0 spiro atoms. The van der Waals surface area contributed by atoms with Crippen molar-refractivity contribution in [1.29, 1.82) is 0 Å². The van der Waals surface area contributed by atoms with Crippen LogP contribution in [0.25, 0.3) is 0 Å². The van der Waals surface area contributed by atoms with Crippen LogP contribution in [-0.2, 0) is 11.2 Å². The first kappa shape index (κ1) is 22.6. The second-order valence-corrected chi connectivity index (χ2v) is 9.62. The molecule has 1 aliphatic rings. The van der Waals surface area contributed by atoms with Gasteiger partial charge in [0.05, 0.1) is 6.04 Å². The lowest BCUT2D eigenvalue weighted by Crippen LogP contribution is -2.47. The predicted octanol–water partition coefficient (Wildman–Crippen LogP) is 5.74. The fraction of sp³-hybridized carbons (Fsp3) is 0.308. The van der Waals surface area contributed by atoms with Crippen molar-refractivity contribution in [3.05, 3.63) is 92.1 Å². The Bertz CT molecular complexity index is 1110. The molecule has 32 heavy (non-hydrogen) atoms. The van der Waals surface area contributed by atoms with Crippen LogP contribution in [0, 0.1) is 6.92 Å². The van der Waals surface area contributed by atoms with E-state index in [1.54, 1.807) is 40.5 Å². The van der Waals surface area contributed by atoms with E-state index in [0.29, 0.717) is 23.7 Å². The molecule has 1 aliphatic heterocycles. The minimum atomic E-state index is -0.164. The van der Waals surface area contributed by atoms with E-state index < -0.39 is 0 Å². The van der Waals surface area contributed by atoms with Gasteiger partial charge in [0.25, 0.3) is 5.91 Å². The molecule has 0 saturated heterocycles. The first-order chi connectivity index (χ1) is 15.5. The van der Waals surface area contributed by atoms with Crippen LogP contribution in [0.4, 0.5) is 0 Å². The number of benzene rings is 2. The molecule has 0 bridgehead atoms. The number of hydrogen-bond donors (Lipinski definition) is 0. The summed E-state index contributed by atoms with van der Waals surface area (Å²) in [5, 5.41) is 2.62. The Balaban J connectivity index is 1.61. The maximum atomic E-state index is 13.6. The lowest BCUT2D eigenvalue weighted by molar-refractivity contribution is -0.134.